The summed E-state index contributed by atoms with van der Waals surface area (Å²) < 4.78 is 0. The second kappa shape index (κ2) is 6.19. The van der Waals surface area contributed by atoms with Gasteiger partial charge in [-0.15, -0.1) is 0 Å². The lowest BCUT2D eigenvalue weighted by molar-refractivity contribution is -0.137. The number of nitrogens with one attached hydrogen (secondary N) is 2. The second-order valence-electron chi connectivity index (χ2n) is 4.16. The van der Waals surface area contributed by atoms with Crippen molar-refractivity contribution in [2.45, 2.75) is 25.3 Å². The van der Waals surface area contributed by atoms with Gasteiger partial charge in [0.2, 0.25) is 11.8 Å². The fraction of sp³-hybridized carbons (Fsp3) is 0.700. The Morgan fingerprint density at radius 3 is 2.41 bits per heavy atom. The number of hydrogen-bond donors (Lipinski definition) is 4. The summed E-state index contributed by atoms with van der Waals surface area (Å²) in [6, 6.07) is 0.0617. The van der Waals surface area contributed by atoms with Gasteiger partial charge in [-0.3, -0.25) is 14.4 Å². The van der Waals surface area contributed by atoms with Crippen molar-refractivity contribution < 1.29 is 19.5 Å². The minimum absolute atomic E-state index is 0.0617. The molecular formula is C10H17N3O4. The van der Waals surface area contributed by atoms with E-state index in [0.29, 0.717) is 6.42 Å². The number of hydrogen-bond acceptors (Lipinski definition) is 4. The maximum Gasteiger partial charge on any atom is 0.322 e. The van der Waals surface area contributed by atoms with Crippen LogP contribution >= 0.6 is 0 Å². The second-order valence-corrected chi connectivity index (χ2v) is 4.16. The zero-order valence-corrected chi connectivity index (χ0v) is 9.44. The third-order valence-electron chi connectivity index (χ3n) is 2.70. The van der Waals surface area contributed by atoms with Crippen molar-refractivity contribution in [3.05, 3.63) is 0 Å². The van der Waals surface area contributed by atoms with Gasteiger partial charge in [0.05, 0.1) is 6.54 Å². The van der Waals surface area contributed by atoms with Crippen molar-refractivity contribution >= 4 is 17.8 Å². The molecule has 5 N–H and O–H groups in total. The van der Waals surface area contributed by atoms with E-state index in [4.69, 9.17) is 10.8 Å². The van der Waals surface area contributed by atoms with Crippen LogP contribution in [-0.2, 0) is 14.4 Å². The molecule has 1 aliphatic rings. The van der Waals surface area contributed by atoms with Crippen LogP contribution < -0.4 is 16.4 Å². The van der Waals surface area contributed by atoms with Gasteiger partial charge in [-0.25, -0.2) is 0 Å². The Labute approximate surface area is 98.7 Å². The van der Waals surface area contributed by atoms with Gasteiger partial charge in [-0.05, 0) is 19.3 Å². The highest BCUT2D eigenvalue weighted by Crippen LogP contribution is 2.23. The SMILES string of the molecule is NC1CCC(C(=O)NCC(=O)NCC(=O)O)C1. The standard InChI is InChI=1S/C10H17N3O4/c11-7-2-1-6(3-7)10(17)13-4-8(14)12-5-9(15)16/h6-7H,1-5,11H2,(H,12,14)(H,13,17)(H,15,16). The first-order valence-corrected chi connectivity index (χ1v) is 5.51. The lowest BCUT2D eigenvalue weighted by Crippen LogP contribution is -2.40. The highest BCUT2D eigenvalue weighted by molar-refractivity contribution is 5.87. The first kappa shape index (κ1) is 13.4. The third kappa shape index (κ3) is 4.81. The summed E-state index contributed by atoms with van der Waals surface area (Å²) in [6.07, 6.45) is 2.20. The van der Waals surface area contributed by atoms with Crippen molar-refractivity contribution in [2.75, 3.05) is 13.1 Å². The summed E-state index contributed by atoms with van der Waals surface area (Å²) in [7, 11) is 0. The number of carbonyl (C=O) groups is 3. The minimum atomic E-state index is -1.12. The van der Waals surface area contributed by atoms with Crippen LogP contribution in [0.15, 0.2) is 0 Å². The molecule has 1 rings (SSSR count). The van der Waals surface area contributed by atoms with Crippen molar-refractivity contribution in [3.63, 3.8) is 0 Å². The Morgan fingerprint density at radius 2 is 1.88 bits per heavy atom. The van der Waals surface area contributed by atoms with Crippen LogP contribution in [0.1, 0.15) is 19.3 Å². The number of carboxylic acids is 1. The van der Waals surface area contributed by atoms with Crippen LogP contribution in [0, 0.1) is 5.92 Å². The van der Waals surface area contributed by atoms with Gasteiger partial charge in [0, 0.05) is 12.0 Å². The summed E-state index contributed by atoms with van der Waals surface area (Å²) in [6.45, 7) is -0.638. The van der Waals surface area contributed by atoms with E-state index in [1.54, 1.807) is 0 Å². The monoisotopic (exact) mass is 243 g/mol. The molecule has 7 heteroatoms. The zero-order valence-electron chi connectivity index (χ0n) is 9.44. The molecule has 0 aromatic heterocycles. The quantitative estimate of drug-likeness (QED) is 0.465. The van der Waals surface area contributed by atoms with Crippen LogP contribution in [-0.4, -0.2) is 42.0 Å². The molecular weight excluding hydrogens is 226 g/mol. The summed E-state index contributed by atoms with van der Waals surface area (Å²) in [5.41, 5.74) is 5.68. The molecule has 0 aliphatic heterocycles. The van der Waals surface area contributed by atoms with E-state index in [1.807, 2.05) is 0 Å². The van der Waals surface area contributed by atoms with Crippen molar-refractivity contribution in [3.8, 4) is 0 Å². The molecule has 0 spiro atoms. The maximum absolute atomic E-state index is 11.6. The topological polar surface area (TPSA) is 122 Å². The fourth-order valence-corrected chi connectivity index (χ4v) is 1.80. The van der Waals surface area contributed by atoms with Gasteiger partial charge in [0.15, 0.2) is 0 Å². The van der Waals surface area contributed by atoms with E-state index in [2.05, 4.69) is 10.6 Å². The van der Waals surface area contributed by atoms with Gasteiger partial charge < -0.3 is 21.5 Å². The zero-order chi connectivity index (χ0) is 12.8. The number of carbonyl (C=O) groups excluding carboxylic acids is 2. The first-order chi connectivity index (χ1) is 7.99. The summed E-state index contributed by atoms with van der Waals surface area (Å²) in [5, 5.41) is 13.0. The summed E-state index contributed by atoms with van der Waals surface area (Å²) >= 11 is 0. The van der Waals surface area contributed by atoms with Gasteiger partial charge >= 0.3 is 5.97 Å². The maximum atomic E-state index is 11.6. The van der Waals surface area contributed by atoms with E-state index >= 15 is 0 Å². The van der Waals surface area contributed by atoms with Gasteiger partial charge in [-0.2, -0.15) is 0 Å². The molecule has 0 aromatic rings. The largest absolute Gasteiger partial charge is 0.480 e. The third-order valence-corrected chi connectivity index (χ3v) is 2.70. The molecule has 1 aliphatic carbocycles. The van der Waals surface area contributed by atoms with Crippen LogP contribution in [0.3, 0.4) is 0 Å². The van der Waals surface area contributed by atoms with Gasteiger partial charge in [-0.1, -0.05) is 0 Å². The number of aliphatic carboxylic acids is 1. The number of rotatable bonds is 5. The van der Waals surface area contributed by atoms with Crippen LogP contribution in [0.25, 0.3) is 0 Å². The van der Waals surface area contributed by atoms with E-state index in [0.717, 1.165) is 12.8 Å². The number of amides is 2. The average molecular weight is 243 g/mol. The van der Waals surface area contributed by atoms with Crippen LogP contribution in [0.2, 0.25) is 0 Å². The predicted molar refractivity (Wildman–Crippen MR) is 59.0 cm³/mol. The van der Waals surface area contributed by atoms with Crippen molar-refractivity contribution in [1.29, 1.82) is 0 Å². The van der Waals surface area contributed by atoms with Crippen LogP contribution in [0.5, 0.6) is 0 Å². The normalized spacial score (nSPS) is 23.1. The molecule has 7 nitrogen and oxygen atoms in total. The fourth-order valence-electron chi connectivity index (χ4n) is 1.80. The van der Waals surface area contributed by atoms with Crippen molar-refractivity contribution in [2.24, 2.45) is 11.7 Å². The molecule has 2 unspecified atom stereocenters. The molecule has 0 aromatic carbocycles. The molecule has 0 bridgehead atoms. The van der Waals surface area contributed by atoms with E-state index in [-0.39, 0.29) is 24.4 Å². The molecule has 2 amide bonds. The highest BCUT2D eigenvalue weighted by atomic mass is 16.4. The molecule has 0 saturated heterocycles. The Morgan fingerprint density at radius 1 is 1.18 bits per heavy atom. The minimum Gasteiger partial charge on any atom is -0.480 e. The Bertz CT molecular complexity index is 319. The van der Waals surface area contributed by atoms with Gasteiger partial charge in [0.1, 0.15) is 6.54 Å². The molecule has 2 atom stereocenters. The molecule has 17 heavy (non-hydrogen) atoms. The summed E-state index contributed by atoms with van der Waals surface area (Å²) in [4.78, 5) is 32.9. The molecule has 96 valence electrons. The summed E-state index contributed by atoms with van der Waals surface area (Å²) in [5.74, 6) is -1.95. The highest BCUT2D eigenvalue weighted by Gasteiger charge is 2.27. The van der Waals surface area contributed by atoms with E-state index in [1.165, 1.54) is 0 Å². The van der Waals surface area contributed by atoms with Crippen molar-refractivity contribution in [1.82, 2.24) is 10.6 Å². The molecule has 0 heterocycles. The average Bonchev–Trinajstić information content (AvgIpc) is 2.70. The molecule has 1 fully saturated rings. The lowest BCUT2D eigenvalue weighted by Gasteiger charge is -2.10. The van der Waals surface area contributed by atoms with Crippen LogP contribution in [0.4, 0.5) is 0 Å². The smallest absolute Gasteiger partial charge is 0.322 e. The lowest BCUT2D eigenvalue weighted by atomic mass is 10.1. The molecule has 1 saturated carbocycles. The van der Waals surface area contributed by atoms with E-state index < -0.39 is 18.4 Å². The Kier molecular flexibility index (Phi) is 4.89. The molecule has 0 radical (unpaired) electrons. The van der Waals surface area contributed by atoms with E-state index in [9.17, 15) is 14.4 Å². The van der Waals surface area contributed by atoms with Gasteiger partial charge in [0.25, 0.3) is 0 Å². The number of nitrogens with two attached hydrogens (primary N) is 1. The number of carboxylic acid groups (broad SMARTS) is 1. The predicted octanol–water partition coefficient (Wildman–Crippen LogP) is -1.57. The Hall–Kier alpha value is -1.63. The Balaban J connectivity index is 2.19. The first-order valence-electron chi connectivity index (χ1n) is 5.51.